The van der Waals surface area contributed by atoms with Gasteiger partial charge in [-0.25, -0.2) is 4.98 Å². The first-order valence-electron chi connectivity index (χ1n) is 4.87. The Morgan fingerprint density at radius 2 is 2.00 bits per heavy atom. The second-order valence-electron chi connectivity index (χ2n) is 3.24. The van der Waals surface area contributed by atoms with Crippen LogP contribution in [0.5, 0.6) is 0 Å². The number of fused-ring (bicyclic) bond motifs is 3. The normalized spacial score (nSPS) is 12.1. The molecule has 3 nitrogen and oxygen atoms in total. The maximum absolute atomic E-state index is 7.91. The third kappa shape index (κ3) is 0.893. The summed E-state index contributed by atoms with van der Waals surface area (Å²) in [6.45, 7) is 0. The predicted molar refractivity (Wildman–Crippen MR) is 58.0 cm³/mol. The van der Waals surface area contributed by atoms with Crippen molar-refractivity contribution in [2.45, 2.75) is 0 Å². The van der Waals surface area contributed by atoms with Crippen LogP contribution in [0, 0.1) is 0 Å². The first kappa shape index (κ1) is 6.43. The Balaban J connectivity index is 2.63. The number of nitrogen functional groups attached to an aromatic ring is 1. The van der Waals surface area contributed by atoms with E-state index in [4.69, 9.17) is 7.15 Å². The Labute approximate surface area is 82.0 Å². The van der Waals surface area contributed by atoms with Gasteiger partial charge in [-0.05, 0) is 18.2 Å². The molecule has 0 atom stereocenters. The van der Waals surface area contributed by atoms with Gasteiger partial charge in [0, 0.05) is 16.3 Å². The van der Waals surface area contributed by atoms with E-state index in [1.165, 1.54) is 4.98 Å². The molecule has 3 aromatic rings. The van der Waals surface area contributed by atoms with Crippen molar-refractivity contribution in [3.05, 3.63) is 36.4 Å². The van der Waals surface area contributed by atoms with Gasteiger partial charge in [0.2, 0.25) is 0 Å². The van der Waals surface area contributed by atoms with Crippen LogP contribution < -0.4 is 5.73 Å². The fraction of sp³-hybridized carbons (Fsp3) is 0. The van der Waals surface area contributed by atoms with E-state index in [1.807, 2.05) is 30.3 Å². The minimum Gasteiger partial charge on any atom is -0.384 e. The lowest BCUT2D eigenvalue weighted by molar-refractivity contribution is 1.35. The van der Waals surface area contributed by atoms with Gasteiger partial charge in [-0.15, -0.1) is 0 Å². The third-order valence-corrected chi connectivity index (χ3v) is 2.32. The number of aromatic nitrogens is 2. The average Bonchev–Trinajstić information content (AvgIpc) is 2.54. The van der Waals surface area contributed by atoms with Crippen LogP contribution in [0.4, 0.5) is 5.82 Å². The number of H-pyrrole nitrogens is 1. The van der Waals surface area contributed by atoms with E-state index in [0.717, 1.165) is 16.3 Å². The fourth-order valence-corrected chi connectivity index (χ4v) is 1.67. The van der Waals surface area contributed by atoms with Crippen LogP contribution in [0.3, 0.4) is 0 Å². The molecule has 0 fully saturated rings. The molecular weight excluding hydrogens is 174 g/mol. The lowest BCUT2D eigenvalue weighted by atomic mass is 10.2. The highest BCUT2D eigenvalue weighted by molar-refractivity contribution is 6.05. The molecule has 0 unspecified atom stereocenters. The summed E-state index contributed by atoms with van der Waals surface area (Å²) in [4.78, 5) is 5.49. The Bertz CT molecular complexity index is 657. The number of hydrogen-bond donors (Lipinski definition) is 2. The van der Waals surface area contributed by atoms with Crippen LogP contribution in [0.2, 0.25) is 1.41 Å². The van der Waals surface area contributed by atoms with E-state index < -0.39 is 0 Å². The first-order chi connectivity index (χ1) is 7.27. The maximum Gasteiger partial charge on any atom is 0.168 e. The molecule has 1 aromatic carbocycles. The largest absolute Gasteiger partial charge is 0.384 e. The van der Waals surface area contributed by atoms with Crippen molar-refractivity contribution in [1.82, 2.24) is 9.96 Å². The maximum atomic E-state index is 7.91. The molecule has 0 amide bonds. The van der Waals surface area contributed by atoms with Gasteiger partial charge in [0.1, 0.15) is 11.5 Å². The molecule has 0 bridgehead atoms. The molecule has 0 saturated carbocycles. The van der Waals surface area contributed by atoms with Gasteiger partial charge in [0.15, 0.2) is 1.41 Å². The molecule has 14 heavy (non-hydrogen) atoms. The number of para-hydroxylation sites is 1. The molecule has 0 aliphatic carbocycles. The van der Waals surface area contributed by atoms with E-state index in [2.05, 4.69) is 4.98 Å². The van der Waals surface area contributed by atoms with Gasteiger partial charge in [0.05, 0.1) is 0 Å². The third-order valence-electron chi connectivity index (χ3n) is 2.32. The lowest BCUT2D eigenvalue weighted by Gasteiger charge is -1.91. The molecule has 2 heterocycles. The van der Waals surface area contributed by atoms with E-state index >= 15 is 0 Å². The number of nitrogens with one attached hydrogen (secondary N) is 1. The van der Waals surface area contributed by atoms with Gasteiger partial charge in [-0.2, -0.15) is 0 Å². The van der Waals surface area contributed by atoms with E-state index in [1.54, 1.807) is 6.07 Å². The molecule has 0 aliphatic rings. The van der Waals surface area contributed by atoms with Gasteiger partial charge in [0.25, 0.3) is 0 Å². The highest BCUT2D eigenvalue weighted by Crippen LogP contribution is 2.23. The van der Waals surface area contributed by atoms with E-state index in [9.17, 15) is 0 Å². The number of aromatic amines is 1. The number of anilines is 1. The highest BCUT2D eigenvalue weighted by atomic mass is 14.9. The number of nitrogens with zero attached hydrogens (tertiary/aromatic N) is 1. The zero-order valence-electron chi connectivity index (χ0n) is 8.44. The lowest BCUT2D eigenvalue weighted by Crippen LogP contribution is -1.88. The van der Waals surface area contributed by atoms with Gasteiger partial charge >= 0.3 is 0 Å². The Morgan fingerprint density at radius 1 is 1.14 bits per heavy atom. The molecule has 2 aromatic heterocycles. The van der Waals surface area contributed by atoms with Crippen LogP contribution in [0.1, 0.15) is 0 Å². The summed E-state index contributed by atoms with van der Waals surface area (Å²) >= 11 is 0. The zero-order chi connectivity index (χ0) is 10.4. The number of hydrogen-bond acceptors (Lipinski definition) is 2. The van der Waals surface area contributed by atoms with Crippen LogP contribution in [-0.2, 0) is 0 Å². The second kappa shape index (κ2) is 2.48. The van der Waals surface area contributed by atoms with Crippen molar-refractivity contribution in [3.63, 3.8) is 0 Å². The summed E-state index contributed by atoms with van der Waals surface area (Å²) < 4.78 is 7.91. The molecule has 0 aliphatic heterocycles. The SMILES string of the molecule is [3H]n1c2ccccc2c2ccc(N)nc21. The number of rotatable bonds is 0. The summed E-state index contributed by atoms with van der Waals surface area (Å²) in [6, 6.07) is 11.4. The van der Waals surface area contributed by atoms with Gasteiger partial charge < -0.3 is 10.7 Å². The van der Waals surface area contributed by atoms with Crippen molar-refractivity contribution in [2.24, 2.45) is 0 Å². The summed E-state index contributed by atoms with van der Waals surface area (Å²) in [6.07, 6.45) is 0. The van der Waals surface area contributed by atoms with Gasteiger partial charge in [-0.3, -0.25) is 0 Å². The van der Waals surface area contributed by atoms with Gasteiger partial charge in [-0.1, -0.05) is 18.2 Å². The molecule has 3 N–H and O–H groups in total. The van der Waals surface area contributed by atoms with Crippen molar-refractivity contribution >= 4 is 27.8 Å². The number of nitrogens with two attached hydrogens (primary N) is 1. The molecule has 3 rings (SSSR count). The summed E-state index contributed by atoms with van der Waals surface area (Å²) in [7, 11) is 0. The molecular formula is C11H9N3. The molecule has 0 radical (unpaired) electrons. The minimum absolute atomic E-state index is 0.443. The van der Waals surface area contributed by atoms with Crippen LogP contribution >= 0.6 is 0 Å². The molecule has 0 spiro atoms. The highest BCUT2D eigenvalue weighted by Gasteiger charge is 2.03. The monoisotopic (exact) mass is 185 g/mol. The quantitative estimate of drug-likeness (QED) is 0.564. The van der Waals surface area contributed by atoms with Crippen molar-refractivity contribution in [1.29, 1.82) is 0 Å². The van der Waals surface area contributed by atoms with Crippen molar-refractivity contribution in [2.75, 3.05) is 5.73 Å². The molecule has 3 heteroatoms. The van der Waals surface area contributed by atoms with Crippen molar-refractivity contribution in [3.8, 4) is 0 Å². The molecule has 68 valence electrons. The van der Waals surface area contributed by atoms with Crippen LogP contribution in [0.25, 0.3) is 21.9 Å². The minimum atomic E-state index is 0.443. The Kier molecular flexibility index (Phi) is 1.14. The van der Waals surface area contributed by atoms with E-state index in [0.29, 0.717) is 11.5 Å². The number of pyridine rings is 1. The predicted octanol–water partition coefficient (Wildman–Crippen LogP) is 2.30. The zero-order valence-corrected chi connectivity index (χ0v) is 7.44. The topological polar surface area (TPSA) is 54.7 Å². The van der Waals surface area contributed by atoms with Crippen LogP contribution in [-0.4, -0.2) is 9.96 Å². The number of benzene rings is 1. The summed E-state index contributed by atoms with van der Waals surface area (Å²) in [5.74, 6) is 0.443. The second-order valence-corrected chi connectivity index (χ2v) is 3.24. The smallest absolute Gasteiger partial charge is 0.168 e. The Morgan fingerprint density at radius 3 is 2.93 bits per heavy atom. The summed E-state index contributed by atoms with van der Waals surface area (Å²) in [5.41, 5.74) is 7.07. The fourth-order valence-electron chi connectivity index (χ4n) is 1.67. The average molecular weight is 185 g/mol. The molecule has 0 saturated heterocycles. The Hall–Kier alpha value is -2.03. The first-order valence-corrected chi connectivity index (χ1v) is 4.42. The van der Waals surface area contributed by atoms with Crippen LogP contribution in [0.15, 0.2) is 36.4 Å². The standard InChI is InChI=1S/C11H9N3/c12-10-6-5-8-7-3-1-2-4-9(7)13-11(8)14-10/h1-6H,(H3,12,13,14)/i/hT. The van der Waals surface area contributed by atoms with Crippen molar-refractivity contribution < 1.29 is 1.41 Å². The van der Waals surface area contributed by atoms with E-state index in [-0.39, 0.29) is 0 Å². The summed E-state index contributed by atoms with van der Waals surface area (Å²) in [5, 5.41) is 2.00.